The molecule has 5 heteroatoms. The molecule has 0 radical (unpaired) electrons. The number of hydrogen-bond acceptors (Lipinski definition) is 4. The highest BCUT2D eigenvalue weighted by Gasteiger charge is 2.07. The number of amides is 1. The average Bonchev–Trinajstić information content (AvgIpc) is 2.83. The number of nitrogens with one attached hydrogen (secondary N) is 2. The van der Waals surface area contributed by atoms with Gasteiger partial charge in [0.15, 0.2) is 0 Å². The highest BCUT2D eigenvalue weighted by molar-refractivity contribution is 5.94. The van der Waals surface area contributed by atoms with E-state index in [0.717, 1.165) is 35.7 Å². The summed E-state index contributed by atoms with van der Waals surface area (Å²) < 4.78 is 11.7. The Balaban J connectivity index is 1.44. The molecule has 0 heterocycles. The van der Waals surface area contributed by atoms with Crippen LogP contribution in [0.3, 0.4) is 0 Å². The maximum absolute atomic E-state index is 12.4. The third kappa shape index (κ3) is 7.99. The van der Waals surface area contributed by atoms with Crippen molar-refractivity contribution in [2.75, 3.05) is 23.8 Å². The molecule has 0 unspecified atom stereocenters. The minimum absolute atomic E-state index is 0.129. The van der Waals surface area contributed by atoms with E-state index in [-0.39, 0.29) is 12.5 Å². The van der Waals surface area contributed by atoms with Crippen LogP contribution in [0.1, 0.15) is 38.2 Å². The molecule has 0 atom stereocenters. The van der Waals surface area contributed by atoms with Crippen molar-refractivity contribution >= 4 is 17.3 Å². The molecule has 5 nitrogen and oxygen atoms in total. The van der Waals surface area contributed by atoms with Crippen molar-refractivity contribution in [1.82, 2.24) is 0 Å². The van der Waals surface area contributed by atoms with Crippen LogP contribution < -0.4 is 20.1 Å². The van der Waals surface area contributed by atoms with Crippen molar-refractivity contribution in [2.24, 2.45) is 0 Å². The van der Waals surface area contributed by atoms with Crippen LogP contribution in [-0.2, 0) is 11.4 Å². The smallest absolute Gasteiger partial charge is 0.243 e. The Kier molecular flexibility index (Phi) is 9.46. The standard InChI is InChI=1S/C27H32N2O3/c1-2-3-4-10-19-31-24-17-15-23(16-18-24)29-27(30)20-28-25-13-8-9-14-26(25)32-21-22-11-6-5-7-12-22/h5-9,11-18,28H,2-4,10,19-21H2,1H3,(H,29,30). The number of ether oxygens (including phenoxy) is 2. The highest BCUT2D eigenvalue weighted by Crippen LogP contribution is 2.24. The van der Waals surface area contributed by atoms with Crippen molar-refractivity contribution in [2.45, 2.75) is 39.2 Å². The van der Waals surface area contributed by atoms with Crippen LogP contribution in [0.25, 0.3) is 0 Å². The van der Waals surface area contributed by atoms with Gasteiger partial charge in [-0.15, -0.1) is 0 Å². The molecule has 0 aliphatic rings. The van der Waals surface area contributed by atoms with Gasteiger partial charge in [-0.1, -0.05) is 68.7 Å². The molecule has 2 N–H and O–H groups in total. The summed E-state index contributed by atoms with van der Waals surface area (Å²) in [4.78, 5) is 12.4. The molecule has 32 heavy (non-hydrogen) atoms. The Bertz CT molecular complexity index is 943. The van der Waals surface area contributed by atoms with E-state index in [0.29, 0.717) is 12.4 Å². The first-order chi connectivity index (χ1) is 15.7. The summed E-state index contributed by atoms with van der Waals surface area (Å²) in [6.45, 7) is 3.53. The van der Waals surface area contributed by atoms with E-state index in [9.17, 15) is 4.79 Å². The maximum atomic E-state index is 12.4. The number of para-hydroxylation sites is 2. The third-order valence-corrected chi connectivity index (χ3v) is 4.97. The first-order valence-corrected chi connectivity index (χ1v) is 11.3. The predicted octanol–water partition coefficient (Wildman–Crippen LogP) is 6.28. The zero-order valence-electron chi connectivity index (χ0n) is 18.7. The first-order valence-electron chi connectivity index (χ1n) is 11.3. The van der Waals surface area contributed by atoms with Crippen LogP contribution in [-0.4, -0.2) is 19.1 Å². The molecule has 0 spiro atoms. The molecule has 0 saturated carbocycles. The van der Waals surface area contributed by atoms with Gasteiger partial charge in [0.1, 0.15) is 18.1 Å². The maximum Gasteiger partial charge on any atom is 0.243 e. The minimum atomic E-state index is -0.129. The third-order valence-electron chi connectivity index (χ3n) is 4.97. The van der Waals surface area contributed by atoms with Crippen LogP contribution in [0.2, 0.25) is 0 Å². The molecule has 0 aliphatic heterocycles. The Hall–Kier alpha value is -3.47. The van der Waals surface area contributed by atoms with E-state index >= 15 is 0 Å². The van der Waals surface area contributed by atoms with Crippen molar-refractivity contribution in [3.05, 3.63) is 84.4 Å². The minimum Gasteiger partial charge on any atom is -0.494 e. The van der Waals surface area contributed by atoms with E-state index in [1.807, 2.05) is 78.9 Å². The summed E-state index contributed by atoms with van der Waals surface area (Å²) >= 11 is 0. The van der Waals surface area contributed by atoms with Crippen LogP contribution in [0.4, 0.5) is 11.4 Å². The summed E-state index contributed by atoms with van der Waals surface area (Å²) in [6, 6.07) is 25.1. The Morgan fingerprint density at radius 1 is 0.812 bits per heavy atom. The van der Waals surface area contributed by atoms with E-state index in [1.54, 1.807) is 0 Å². The van der Waals surface area contributed by atoms with Crippen molar-refractivity contribution < 1.29 is 14.3 Å². The second-order valence-corrected chi connectivity index (χ2v) is 7.61. The summed E-state index contributed by atoms with van der Waals surface area (Å²) in [6.07, 6.45) is 4.72. The quantitative estimate of drug-likeness (QED) is 0.312. The fourth-order valence-electron chi connectivity index (χ4n) is 3.21. The number of carbonyl (C=O) groups excluding carboxylic acids is 1. The zero-order chi connectivity index (χ0) is 22.4. The fraction of sp³-hybridized carbons (Fsp3) is 0.296. The highest BCUT2D eigenvalue weighted by atomic mass is 16.5. The van der Waals surface area contributed by atoms with Crippen molar-refractivity contribution in [1.29, 1.82) is 0 Å². The molecule has 1 amide bonds. The summed E-state index contributed by atoms with van der Waals surface area (Å²) in [5, 5.41) is 6.07. The fourth-order valence-corrected chi connectivity index (χ4v) is 3.21. The van der Waals surface area contributed by atoms with E-state index in [1.165, 1.54) is 19.3 Å². The molecule has 3 rings (SSSR count). The monoisotopic (exact) mass is 432 g/mol. The van der Waals surface area contributed by atoms with Gasteiger partial charge in [0.05, 0.1) is 18.8 Å². The topological polar surface area (TPSA) is 59.6 Å². The molecule has 168 valence electrons. The van der Waals surface area contributed by atoms with Gasteiger partial charge < -0.3 is 20.1 Å². The number of anilines is 2. The number of unbranched alkanes of at least 4 members (excludes halogenated alkanes) is 3. The van der Waals surface area contributed by atoms with E-state index in [2.05, 4.69) is 17.6 Å². The van der Waals surface area contributed by atoms with Crippen LogP contribution in [0.15, 0.2) is 78.9 Å². The Labute approximate surface area is 190 Å². The normalized spacial score (nSPS) is 10.4. The number of hydrogen-bond donors (Lipinski definition) is 2. The average molecular weight is 433 g/mol. The van der Waals surface area contributed by atoms with E-state index < -0.39 is 0 Å². The van der Waals surface area contributed by atoms with Gasteiger partial charge >= 0.3 is 0 Å². The Morgan fingerprint density at radius 2 is 1.56 bits per heavy atom. The lowest BCUT2D eigenvalue weighted by Gasteiger charge is -2.13. The van der Waals surface area contributed by atoms with Gasteiger partial charge in [-0.05, 0) is 48.4 Å². The molecule has 0 aromatic heterocycles. The first kappa shape index (κ1) is 23.2. The van der Waals surface area contributed by atoms with Gasteiger partial charge in [0, 0.05) is 5.69 Å². The van der Waals surface area contributed by atoms with Gasteiger partial charge in [-0.25, -0.2) is 0 Å². The van der Waals surface area contributed by atoms with Crippen LogP contribution in [0.5, 0.6) is 11.5 Å². The SMILES string of the molecule is CCCCCCOc1ccc(NC(=O)CNc2ccccc2OCc2ccccc2)cc1. The van der Waals surface area contributed by atoms with Crippen LogP contribution in [0, 0.1) is 0 Å². The predicted molar refractivity (Wildman–Crippen MR) is 130 cm³/mol. The lowest BCUT2D eigenvalue weighted by atomic mass is 10.2. The Morgan fingerprint density at radius 3 is 2.34 bits per heavy atom. The number of carbonyl (C=O) groups is 1. The molecule has 3 aromatic rings. The van der Waals surface area contributed by atoms with Crippen molar-refractivity contribution in [3.63, 3.8) is 0 Å². The second-order valence-electron chi connectivity index (χ2n) is 7.61. The van der Waals surface area contributed by atoms with Gasteiger partial charge in [0.25, 0.3) is 0 Å². The zero-order valence-corrected chi connectivity index (χ0v) is 18.7. The number of benzene rings is 3. The molecule has 0 aliphatic carbocycles. The lowest BCUT2D eigenvalue weighted by Crippen LogP contribution is -2.22. The lowest BCUT2D eigenvalue weighted by molar-refractivity contribution is -0.114. The number of rotatable bonds is 13. The molecule has 0 fully saturated rings. The van der Waals surface area contributed by atoms with E-state index in [4.69, 9.17) is 9.47 Å². The molecule has 3 aromatic carbocycles. The van der Waals surface area contributed by atoms with Crippen LogP contribution >= 0.6 is 0 Å². The van der Waals surface area contributed by atoms with Gasteiger partial charge in [-0.2, -0.15) is 0 Å². The van der Waals surface area contributed by atoms with Gasteiger partial charge in [-0.3, -0.25) is 4.79 Å². The largest absolute Gasteiger partial charge is 0.494 e. The van der Waals surface area contributed by atoms with Gasteiger partial charge in [0.2, 0.25) is 5.91 Å². The molecule has 0 bridgehead atoms. The molecule has 0 saturated heterocycles. The van der Waals surface area contributed by atoms with Crippen molar-refractivity contribution in [3.8, 4) is 11.5 Å². The summed E-state index contributed by atoms with van der Waals surface area (Å²) in [7, 11) is 0. The second kappa shape index (κ2) is 13.1. The molecular weight excluding hydrogens is 400 g/mol. The molecular formula is C27H32N2O3. The summed E-state index contributed by atoms with van der Waals surface area (Å²) in [5.74, 6) is 1.41. The summed E-state index contributed by atoms with van der Waals surface area (Å²) in [5.41, 5.74) is 2.61.